The summed E-state index contributed by atoms with van der Waals surface area (Å²) in [6.45, 7) is 0.0422. The number of furan rings is 1. The van der Waals surface area contributed by atoms with Crippen LogP contribution in [-0.2, 0) is 16.1 Å². The van der Waals surface area contributed by atoms with Crippen molar-refractivity contribution in [3.63, 3.8) is 0 Å². The normalized spacial score (nSPS) is 18.3. The first-order valence-corrected chi connectivity index (χ1v) is 9.68. The summed E-state index contributed by atoms with van der Waals surface area (Å²) in [6, 6.07) is 6.05. The molecule has 1 aliphatic heterocycles. The van der Waals surface area contributed by atoms with Crippen molar-refractivity contribution in [3.05, 3.63) is 41.3 Å². The van der Waals surface area contributed by atoms with Crippen LogP contribution in [0.5, 0.6) is 17.2 Å². The lowest BCUT2D eigenvalue weighted by Gasteiger charge is -2.18. The summed E-state index contributed by atoms with van der Waals surface area (Å²) >= 11 is 1.49. The number of hydrogen-bond donors (Lipinski definition) is 2. The van der Waals surface area contributed by atoms with Crippen LogP contribution in [0.4, 0.5) is 0 Å². The van der Waals surface area contributed by atoms with Crippen molar-refractivity contribution >= 4 is 23.7 Å². The van der Waals surface area contributed by atoms with E-state index in [0.29, 0.717) is 28.8 Å². The van der Waals surface area contributed by atoms with Crippen LogP contribution >= 0.6 is 11.8 Å². The predicted octanol–water partition coefficient (Wildman–Crippen LogP) is 2.45. The number of rotatable bonds is 8. The van der Waals surface area contributed by atoms with Gasteiger partial charge in [0.15, 0.2) is 11.5 Å². The Hall–Kier alpha value is -2.85. The number of carboxylic acid groups (broad SMARTS) is 1. The lowest BCUT2D eigenvalue weighted by Crippen LogP contribution is -2.33. The highest BCUT2D eigenvalue weighted by Crippen LogP contribution is 2.43. The largest absolute Gasteiger partial charge is 0.493 e. The second-order valence-corrected chi connectivity index (χ2v) is 7.21. The highest BCUT2D eigenvalue weighted by atomic mass is 32.2. The first-order chi connectivity index (χ1) is 14.0. The average molecular weight is 423 g/mol. The van der Waals surface area contributed by atoms with Gasteiger partial charge in [-0.2, -0.15) is 0 Å². The molecule has 0 bridgehead atoms. The minimum Gasteiger partial charge on any atom is -0.493 e. The maximum Gasteiger partial charge on any atom is 0.373 e. The number of esters is 1. The second kappa shape index (κ2) is 9.10. The summed E-state index contributed by atoms with van der Waals surface area (Å²) in [6.07, 6.45) is 0. The summed E-state index contributed by atoms with van der Waals surface area (Å²) in [5.41, 5.74) is 0.811. The van der Waals surface area contributed by atoms with Crippen LogP contribution in [0.2, 0.25) is 0 Å². The van der Waals surface area contributed by atoms with Crippen LogP contribution in [0.25, 0.3) is 0 Å². The highest BCUT2D eigenvalue weighted by molar-refractivity contribution is 7.99. The fraction of sp³-hybridized carbons (Fsp3) is 0.368. The number of methoxy groups -OCH3 is 3. The van der Waals surface area contributed by atoms with E-state index in [1.165, 1.54) is 39.2 Å². The second-order valence-electron chi connectivity index (χ2n) is 6.07. The molecule has 9 nitrogen and oxygen atoms in total. The van der Waals surface area contributed by atoms with E-state index in [9.17, 15) is 14.7 Å². The van der Waals surface area contributed by atoms with Crippen molar-refractivity contribution in [3.8, 4) is 17.2 Å². The topological polar surface area (TPSA) is 116 Å². The van der Waals surface area contributed by atoms with Gasteiger partial charge in [0.25, 0.3) is 0 Å². The molecule has 0 saturated carbocycles. The van der Waals surface area contributed by atoms with Crippen LogP contribution in [0.3, 0.4) is 0 Å². The molecule has 2 heterocycles. The number of hydrogen-bond acceptors (Lipinski definition) is 9. The van der Waals surface area contributed by atoms with E-state index in [-0.39, 0.29) is 17.7 Å². The Labute approximate surface area is 171 Å². The molecule has 3 rings (SSSR count). The molecule has 1 saturated heterocycles. The average Bonchev–Trinajstić information content (AvgIpc) is 3.41. The van der Waals surface area contributed by atoms with Gasteiger partial charge >= 0.3 is 11.9 Å². The fourth-order valence-electron chi connectivity index (χ4n) is 2.81. The minimum absolute atomic E-state index is 0.0422. The number of ether oxygens (including phenoxy) is 4. The van der Waals surface area contributed by atoms with E-state index >= 15 is 0 Å². The molecule has 0 amide bonds. The zero-order valence-electron chi connectivity index (χ0n) is 16.1. The third-order valence-corrected chi connectivity index (χ3v) is 5.54. The minimum atomic E-state index is -0.886. The molecular formula is C19H21NO8S. The van der Waals surface area contributed by atoms with Gasteiger partial charge in [0, 0.05) is 5.75 Å². The van der Waals surface area contributed by atoms with Gasteiger partial charge in [0.05, 0.1) is 26.7 Å². The zero-order chi connectivity index (χ0) is 21.0. The molecule has 156 valence electrons. The Balaban J connectivity index is 1.79. The summed E-state index contributed by atoms with van der Waals surface area (Å²) in [4.78, 5) is 22.7. The summed E-state index contributed by atoms with van der Waals surface area (Å²) < 4.78 is 26.7. The van der Waals surface area contributed by atoms with Crippen molar-refractivity contribution in [1.29, 1.82) is 0 Å². The molecule has 2 unspecified atom stereocenters. The van der Waals surface area contributed by atoms with Gasteiger partial charge in [-0.3, -0.25) is 10.1 Å². The van der Waals surface area contributed by atoms with Gasteiger partial charge in [0.1, 0.15) is 18.4 Å². The smallest absolute Gasteiger partial charge is 0.373 e. The van der Waals surface area contributed by atoms with Crippen molar-refractivity contribution in [1.82, 2.24) is 5.32 Å². The van der Waals surface area contributed by atoms with Crippen LogP contribution < -0.4 is 19.5 Å². The third-order valence-electron chi connectivity index (χ3n) is 4.27. The van der Waals surface area contributed by atoms with E-state index < -0.39 is 18.0 Å². The Morgan fingerprint density at radius 1 is 1.21 bits per heavy atom. The third kappa shape index (κ3) is 4.60. The molecule has 10 heteroatoms. The van der Waals surface area contributed by atoms with E-state index in [1.807, 2.05) is 0 Å². The Morgan fingerprint density at radius 3 is 2.45 bits per heavy atom. The number of carboxylic acids is 1. The lowest BCUT2D eigenvalue weighted by atomic mass is 10.1. The molecule has 1 aromatic carbocycles. The SMILES string of the molecule is COC(=O)c1ccc(COc2c(OC)cc(C3NC(C(=O)O)CS3)cc2OC)o1. The van der Waals surface area contributed by atoms with E-state index in [0.717, 1.165) is 5.56 Å². The van der Waals surface area contributed by atoms with Gasteiger partial charge in [-0.05, 0) is 29.8 Å². The Bertz CT molecular complexity index is 871. The van der Waals surface area contributed by atoms with E-state index in [1.54, 1.807) is 18.2 Å². The molecule has 29 heavy (non-hydrogen) atoms. The molecule has 2 N–H and O–H groups in total. The van der Waals surface area contributed by atoms with Crippen molar-refractivity contribution in [2.75, 3.05) is 27.1 Å². The molecule has 2 aromatic rings. The van der Waals surface area contributed by atoms with Gasteiger partial charge in [-0.15, -0.1) is 11.8 Å². The predicted molar refractivity (Wildman–Crippen MR) is 104 cm³/mol. The van der Waals surface area contributed by atoms with Crippen LogP contribution in [-0.4, -0.2) is 50.2 Å². The number of carbonyl (C=O) groups is 2. The van der Waals surface area contributed by atoms with E-state index in [4.69, 9.17) is 18.6 Å². The molecule has 0 aliphatic carbocycles. The van der Waals surface area contributed by atoms with Crippen molar-refractivity contribution < 1.29 is 38.1 Å². The Kier molecular flexibility index (Phi) is 6.55. The molecule has 1 fully saturated rings. The fourth-order valence-corrected chi connectivity index (χ4v) is 4.02. The first kappa shape index (κ1) is 20.9. The monoisotopic (exact) mass is 423 g/mol. The standard InChI is InChI=1S/C19H21NO8S/c1-24-14-6-10(17-20-12(9-29-17)18(21)22)7-15(25-2)16(14)27-8-11-4-5-13(28-11)19(23)26-3/h4-7,12,17,20H,8-9H2,1-3H3,(H,21,22). The molecule has 2 atom stereocenters. The molecule has 1 aliphatic rings. The maximum absolute atomic E-state index is 11.5. The van der Waals surface area contributed by atoms with Crippen molar-refractivity contribution in [2.24, 2.45) is 0 Å². The number of aliphatic carboxylic acids is 1. The maximum atomic E-state index is 11.5. The van der Waals surface area contributed by atoms with E-state index in [2.05, 4.69) is 10.1 Å². The zero-order valence-corrected chi connectivity index (χ0v) is 16.9. The number of benzene rings is 1. The van der Waals surface area contributed by atoms with Gasteiger partial charge in [-0.25, -0.2) is 4.79 Å². The lowest BCUT2D eigenvalue weighted by molar-refractivity contribution is -0.138. The van der Waals surface area contributed by atoms with Crippen LogP contribution in [0, 0.1) is 0 Å². The van der Waals surface area contributed by atoms with Crippen molar-refractivity contribution in [2.45, 2.75) is 18.0 Å². The van der Waals surface area contributed by atoms with Gasteiger partial charge in [-0.1, -0.05) is 0 Å². The number of nitrogens with one attached hydrogen (secondary N) is 1. The molecular weight excluding hydrogens is 402 g/mol. The summed E-state index contributed by atoms with van der Waals surface area (Å²) in [5.74, 6) is 0.742. The van der Waals surface area contributed by atoms with Gasteiger partial charge < -0.3 is 28.5 Å². The van der Waals surface area contributed by atoms with Crippen LogP contribution in [0.15, 0.2) is 28.7 Å². The quantitative estimate of drug-likeness (QED) is 0.613. The summed E-state index contributed by atoms with van der Waals surface area (Å²) in [7, 11) is 4.28. The molecule has 0 spiro atoms. The number of thioether (sulfide) groups is 1. The molecule has 1 aromatic heterocycles. The van der Waals surface area contributed by atoms with Gasteiger partial charge in [0.2, 0.25) is 11.5 Å². The van der Waals surface area contributed by atoms with Crippen LogP contribution in [0.1, 0.15) is 27.3 Å². The summed E-state index contributed by atoms with van der Waals surface area (Å²) in [5, 5.41) is 12.0. The first-order valence-electron chi connectivity index (χ1n) is 8.63. The molecule has 0 radical (unpaired) electrons. The number of carbonyl (C=O) groups excluding carboxylic acids is 1. The highest BCUT2D eigenvalue weighted by Gasteiger charge is 2.31. The Morgan fingerprint density at radius 2 is 1.90 bits per heavy atom.